The molecule has 1 aliphatic carbocycles. The Hall–Kier alpha value is -3.90. The summed E-state index contributed by atoms with van der Waals surface area (Å²) in [5.74, 6) is -1.28. The minimum atomic E-state index is -0.672. The number of nitrogens with one attached hydrogen (secondary N) is 1. The first-order chi connectivity index (χ1) is 16.9. The van der Waals surface area contributed by atoms with Crippen molar-refractivity contribution in [3.8, 4) is 17.2 Å². The van der Waals surface area contributed by atoms with Gasteiger partial charge in [-0.15, -0.1) is 0 Å². The summed E-state index contributed by atoms with van der Waals surface area (Å²) in [6.07, 6.45) is 5.71. The Balaban J connectivity index is 1.54. The number of anilines is 1. The van der Waals surface area contributed by atoms with E-state index in [1.807, 2.05) is 12.1 Å². The molecule has 6 nitrogen and oxygen atoms in total. The third kappa shape index (κ3) is 4.21. The van der Waals surface area contributed by atoms with Gasteiger partial charge in [-0.2, -0.15) is 5.26 Å². The molecule has 0 amide bonds. The molecule has 2 aromatic carbocycles. The van der Waals surface area contributed by atoms with Crippen LogP contribution >= 0.6 is 0 Å². The Morgan fingerprint density at radius 2 is 1.86 bits per heavy atom. The number of benzene rings is 2. The van der Waals surface area contributed by atoms with Crippen LogP contribution in [0.25, 0.3) is 16.8 Å². The van der Waals surface area contributed by atoms with Gasteiger partial charge in [0.05, 0.1) is 6.20 Å². The fourth-order valence-electron chi connectivity index (χ4n) is 4.66. The average molecular weight is 477 g/mol. The molecule has 2 aromatic heterocycles. The fourth-order valence-corrected chi connectivity index (χ4v) is 4.66. The van der Waals surface area contributed by atoms with Gasteiger partial charge in [-0.05, 0) is 68.2 Å². The van der Waals surface area contributed by atoms with Crippen molar-refractivity contribution in [1.29, 1.82) is 5.26 Å². The van der Waals surface area contributed by atoms with Crippen LogP contribution < -0.4 is 5.32 Å². The van der Waals surface area contributed by atoms with Gasteiger partial charge in [-0.3, -0.25) is 4.40 Å². The van der Waals surface area contributed by atoms with Crippen LogP contribution in [0.1, 0.15) is 34.4 Å². The van der Waals surface area contributed by atoms with Crippen molar-refractivity contribution in [3.05, 3.63) is 82.1 Å². The maximum atomic E-state index is 14.7. The summed E-state index contributed by atoms with van der Waals surface area (Å²) in [7, 11) is 3.46. The van der Waals surface area contributed by atoms with Crippen LogP contribution in [0.15, 0.2) is 36.7 Å². The zero-order valence-electron chi connectivity index (χ0n) is 19.4. The van der Waals surface area contributed by atoms with E-state index in [4.69, 9.17) is 0 Å². The molecule has 35 heavy (non-hydrogen) atoms. The maximum absolute atomic E-state index is 14.7. The van der Waals surface area contributed by atoms with E-state index >= 15 is 0 Å². The first kappa shape index (κ1) is 22.9. The van der Waals surface area contributed by atoms with E-state index < -0.39 is 11.6 Å². The number of hydrogen-bond acceptors (Lipinski definition) is 5. The summed E-state index contributed by atoms with van der Waals surface area (Å²) in [6.45, 7) is 0.329. The summed E-state index contributed by atoms with van der Waals surface area (Å²) >= 11 is 0. The summed E-state index contributed by atoms with van der Waals surface area (Å²) < 4.78 is 45.6. The van der Waals surface area contributed by atoms with Crippen LogP contribution in [0, 0.1) is 28.8 Å². The quantitative estimate of drug-likeness (QED) is 0.431. The zero-order chi connectivity index (χ0) is 24.7. The fraction of sp³-hybridized carbons (Fsp3) is 0.269. The predicted octanol–water partition coefficient (Wildman–Crippen LogP) is 4.85. The summed E-state index contributed by atoms with van der Waals surface area (Å²) in [6, 6.07) is 7.81. The van der Waals surface area contributed by atoms with Crippen molar-refractivity contribution >= 4 is 11.6 Å². The van der Waals surface area contributed by atoms with Gasteiger partial charge >= 0.3 is 0 Å². The molecule has 9 heteroatoms. The molecule has 5 rings (SSSR count). The third-order valence-corrected chi connectivity index (χ3v) is 6.30. The second-order valence-corrected chi connectivity index (χ2v) is 8.95. The standard InChI is InChI=1S/C26H23F3N6/c1-34(2)14-21-23(28)8-16(9-24(21)29)19-11-31-26(35-13-17(10-30)33-25(19)35)32-12-20-18-5-3-4-15(18)6-7-22(20)27/h6-9,11,13H,3-5,12,14H2,1-2H3,(H,31,32). The van der Waals surface area contributed by atoms with E-state index in [1.54, 1.807) is 23.4 Å². The van der Waals surface area contributed by atoms with E-state index in [2.05, 4.69) is 15.3 Å². The van der Waals surface area contributed by atoms with Gasteiger partial charge in [0.15, 0.2) is 11.3 Å². The smallest absolute Gasteiger partial charge is 0.208 e. The number of imidazole rings is 1. The highest BCUT2D eigenvalue weighted by atomic mass is 19.1. The Morgan fingerprint density at radius 1 is 1.09 bits per heavy atom. The number of nitrogens with zero attached hydrogens (tertiary/aromatic N) is 5. The number of aromatic nitrogens is 3. The summed E-state index contributed by atoms with van der Waals surface area (Å²) in [4.78, 5) is 10.4. The molecule has 1 aliphatic rings. The van der Waals surface area contributed by atoms with Gasteiger partial charge < -0.3 is 10.2 Å². The maximum Gasteiger partial charge on any atom is 0.208 e. The van der Waals surface area contributed by atoms with Crippen LogP contribution in [0.4, 0.5) is 19.1 Å². The largest absolute Gasteiger partial charge is 0.351 e. The molecular formula is C26H23F3N6. The zero-order valence-corrected chi connectivity index (χ0v) is 19.4. The lowest BCUT2D eigenvalue weighted by atomic mass is 10.0. The Morgan fingerprint density at radius 3 is 2.57 bits per heavy atom. The van der Waals surface area contributed by atoms with Crippen LogP contribution in [0.3, 0.4) is 0 Å². The highest BCUT2D eigenvalue weighted by molar-refractivity contribution is 5.78. The lowest BCUT2D eigenvalue weighted by Crippen LogP contribution is -2.13. The van der Waals surface area contributed by atoms with Crippen molar-refractivity contribution in [1.82, 2.24) is 19.3 Å². The second kappa shape index (κ2) is 9.04. The Labute approximate surface area is 200 Å². The van der Waals surface area contributed by atoms with Gasteiger partial charge in [0, 0.05) is 36.0 Å². The molecule has 0 saturated carbocycles. The molecule has 0 fully saturated rings. The topological polar surface area (TPSA) is 69.2 Å². The van der Waals surface area contributed by atoms with Gasteiger partial charge in [0.2, 0.25) is 5.95 Å². The van der Waals surface area contributed by atoms with Gasteiger partial charge in [0.1, 0.15) is 23.5 Å². The monoisotopic (exact) mass is 476 g/mol. The highest BCUT2D eigenvalue weighted by Gasteiger charge is 2.20. The van der Waals surface area contributed by atoms with E-state index in [-0.39, 0.29) is 35.7 Å². The lowest BCUT2D eigenvalue weighted by Gasteiger charge is -2.15. The van der Waals surface area contributed by atoms with Crippen molar-refractivity contribution in [3.63, 3.8) is 0 Å². The normalized spacial score (nSPS) is 12.8. The number of aryl methyl sites for hydroxylation is 1. The van der Waals surface area contributed by atoms with E-state index in [0.29, 0.717) is 22.7 Å². The van der Waals surface area contributed by atoms with Crippen LogP contribution in [0.5, 0.6) is 0 Å². The van der Waals surface area contributed by atoms with Crippen LogP contribution in [0.2, 0.25) is 0 Å². The molecule has 0 spiro atoms. The molecule has 0 aliphatic heterocycles. The van der Waals surface area contributed by atoms with Crippen molar-refractivity contribution in [2.45, 2.75) is 32.4 Å². The van der Waals surface area contributed by atoms with Crippen LogP contribution in [-0.2, 0) is 25.9 Å². The van der Waals surface area contributed by atoms with E-state index in [0.717, 1.165) is 30.4 Å². The Kier molecular flexibility index (Phi) is 5.91. The first-order valence-electron chi connectivity index (χ1n) is 11.3. The number of fused-ring (bicyclic) bond motifs is 2. The third-order valence-electron chi connectivity index (χ3n) is 6.30. The van der Waals surface area contributed by atoms with E-state index in [9.17, 15) is 18.4 Å². The molecular weight excluding hydrogens is 453 g/mol. The number of nitriles is 1. The SMILES string of the molecule is CN(C)Cc1c(F)cc(-c2cnc(NCc3c(F)ccc4c3CCC4)n3cc(C#N)nc23)cc1F. The molecule has 0 saturated heterocycles. The molecule has 0 unspecified atom stereocenters. The summed E-state index contributed by atoms with van der Waals surface area (Å²) in [5, 5.41) is 12.6. The molecule has 4 aromatic rings. The van der Waals surface area contributed by atoms with Crippen molar-refractivity contribution in [2.75, 3.05) is 19.4 Å². The lowest BCUT2D eigenvalue weighted by molar-refractivity contribution is 0.381. The number of halogens is 3. The first-order valence-corrected chi connectivity index (χ1v) is 11.3. The molecule has 2 heterocycles. The van der Waals surface area contributed by atoms with Crippen molar-refractivity contribution < 1.29 is 13.2 Å². The van der Waals surface area contributed by atoms with E-state index in [1.165, 1.54) is 30.6 Å². The second-order valence-electron chi connectivity index (χ2n) is 8.95. The molecule has 0 bridgehead atoms. The minimum absolute atomic E-state index is 0.0282. The average Bonchev–Trinajstić information content (AvgIpc) is 3.47. The summed E-state index contributed by atoms with van der Waals surface area (Å²) in [5.41, 5.74) is 3.83. The molecule has 1 N–H and O–H groups in total. The minimum Gasteiger partial charge on any atom is -0.351 e. The van der Waals surface area contributed by atoms with Gasteiger partial charge in [0.25, 0.3) is 0 Å². The molecule has 0 atom stereocenters. The van der Waals surface area contributed by atoms with Gasteiger partial charge in [-0.25, -0.2) is 23.1 Å². The van der Waals surface area contributed by atoms with Crippen LogP contribution in [-0.4, -0.2) is 33.4 Å². The highest BCUT2D eigenvalue weighted by Crippen LogP contribution is 2.31. The number of rotatable bonds is 6. The number of hydrogen-bond donors (Lipinski definition) is 1. The molecule has 178 valence electrons. The van der Waals surface area contributed by atoms with Crippen molar-refractivity contribution in [2.24, 2.45) is 0 Å². The Bertz CT molecular complexity index is 1460. The molecule has 0 radical (unpaired) electrons. The van der Waals surface area contributed by atoms with Gasteiger partial charge in [-0.1, -0.05) is 6.07 Å². The predicted molar refractivity (Wildman–Crippen MR) is 126 cm³/mol.